The van der Waals surface area contributed by atoms with Crippen molar-refractivity contribution in [2.24, 2.45) is 0 Å². The Kier molecular flexibility index (Phi) is 5.34. The van der Waals surface area contributed by atoms with Crippen molar-refractivity contribution in [2.45, 2.75) is 39.3 Å². The number of hydrogen-bond donors (Lipinski definition) is 2. The summed E-state index contributed by atoms with van der Waals surface area (Å²) >= 11 is 0. The zero-order valence-corrected chi connectivity index (χ0v) is 14.6. The largest absolute Gasteiger partial charge is 0.480 e. The lowest BCUT2D eigenvalue weighted by Gasteiger charge is -2.21. The van der Waals surface area contributed by atoms with Gasteiger partial charge in [0.05, 0.1) is 5.69 Å². The number of benzene rings is 2. The van der Waals surface area contributed by atoms with E-state index >= 15 is 0 Å². The molecule has 1 aliphatic heterocycles. The second-order valence-electron chi connectivity index (χ2n) is 6.26. The van der Waals surface area contributed by atoms with Crippen LogP contribution in [0.25, 0.3) is 0 Å². The first-order valence-corrected chi connectivity index (χ1v) is 8.64. The van der Waals surface area contributed by atoms with E-state index in [-0.39, 0.29) is 17.4 Å². The molecule has 0 spiro atoms. The minimum absolute atomic E-state index is 0.220. The third-order valence-corrected chi connectivity index (χ3v) is 4.49. The average Bonchev–Trinajstić information content (AvgIpc) is 2.63. The highest BCUT2D eigenvalue weighted by Crippen LogP contribution is 2.25. The Morgan fingerprint density at radius 1 is 1.32 bits per heavy atom. The summed E-state index contributed by atoms with van der Waals surface area (Å²) in [4.78, 5) is 12.6. The first-order chi connectivity index (χ1) is 12.1. The number of rotatable bonds is 5. The van der Waals surface area contributed by atoms with Gasteiger partial charge in [0.15, 0.2) is 6.10 Å². The monoisotopic (exact) mass is 342 g/mol. The molecule has 0 saturated heterocycles. The van der Waals surface area contributed by atoms with E-state index in [1.54, 1.807) is 6.07 Å². The normalized spacial score (nSPS) is 14.5. The Labute approximate surface area is 147 Å². The lowest BCUT2D eigenvalue weighted by molar-refractivity contribution is -0.122. The maximum atomic E-state index is 14.7. The van der Waals surface area contributed by atoms with Gasteiger partial charge in [-0.2, -0.15) is 0 Å². The van der Waals surface area contributed by atoms with E-state index in [2.05, 4.69) is 10.6 Å². The molecule has 4 nitrogen and oxygen atoms in total. The molecule has 1 heterocycles. The Balaban J connectivity index is 1.75. The molecule has 2 aromatic carbocycles. The summed E-state index contributed by atoms with van der Waals surface area (Å²) in [6.07, 6.45) is 0.455. The van der Waals surface area contributed by atoms with Crippen LogP contribution in [0.2, 0.25) is 0 Å². The minimum Gasteiger partial charge on any atom is -0.480 e. The molecule has 0 radical (unpaired) electrons. The predicted octanol–water partition coefficient (Wildman–Crippen LogP) is 3.58. The molecule has 25 heavy (non-hydrogen) atoms. The summed E-state index contributed by atoms with van der Waals surface area (Å²) in [5.74, 6) is -0.00174. The van der Waals surface area contributed by atoms with Crippen molar-refractivity contribution in [1.29, 1.82) is 0 Å². The molecule has 0 saturated carbocycles. The topological polar surface area (TPSA) is 50.4 Å². The van der Waals surface area contributed by atoms with Gasteiger partial charge in [-0.3, -0.25) is 4.79 Å². The van der Waals surface area contributed by atoms with Gasteiger partial charge >= 0.3 is 0 Å². The van der Waals surface area contributed by atoms with Crippen molar-refractivity contribution in [3.05, 3.63) is 58.9 Å². The number of ether oxygens (including phenoxy) is 1. The number of fused-ring (bicyclic) bond motifs is 1. The summed E-state index contributed by atoms with van der Waals surface area (Å²) < 4.78 is 20.5. The Morgan fingerprint density at radius 3 is 2.88 bits per heavy atom. The summed E-state index contributed by atoms with van der Waals surface area (Å²) in [5.41, 5.74) is 2.81. The first-order valence-electron chi connectivity index (χ1n) is 8.64. The molecule has 1 aliphatic rings. The highest BCUT2D eigenvalue weighted by molar-refractivity contribution is 5.94. The van der Waals surface area contributed by atoms with Crippen molar-refractivity contribution < 1.29 is 13.9 Å². The third kappa shape index (κ3) is 3.82. The standard InChI is InChI=1S/C20H23FN2O2/c1-3-17(25-18-7-5-4-6-13(18)2)20(24)23-16-9-8-14-12-22-11-10-15(14)19(16)21/h4-9,17,22H,3,10-12H2,1-2H3,(H,23,24). The zero-order valence-electron chi connectivity index (χ0n) is 14.6. The van der Waals surface area contributed by atoms with Crippen molar-refractivity contribution in [2.75, 3.05) is 11.9 Å². The van der Waals surface area contributed by atoms with Crippen molar-refractivity contribution in [1.82, 2.24) is 5.32 Å². The highest BCUT2D eigenvalue weighted by Gasteiger charge is 2.22. The quantitative estimate of drug-likeness (QED) is 0.873. The molecule has 0 fully saturated rings. The number of hydrogen-bond acceptors (Lipinski definition) is 3. The van der Waals surface area contributed by atoms with E-state index in [1.807, 2.05) is 44.2 Å². The Bertz CT molecular complexity index is 776. The van der Waals surface area contributed by atoms with Gasteiger partial charge in [0.2, 0.25) is 0 Å². The van der Waals surface area contributed by atoms with E-state index < -0.39 is 6.10 Å². The molecule has 2 N–H and O–H groups in total. The number of carbonyl (C=O) groups is 1. The molecule has 2 aromatic rings. The zero-order chi connectivity index (χ0) is 17.8. The van der Waals surface area contributed by atoms with Crippen LogP contribution in [-0.4, -0.2) is 18.6 Å². The van der Waals surface area contributed by atoms with Gasteiger partial charge in [0, 0.05) is 6.54 Å². The second kappa shape index (κ2) is 7.66. The van der Waals surface area contributed by atoms with Crippen molar-refractivity contribution in [3.63, 3.8) is 0 Å². The van der Waals surface area contributed by atoms with Gasteiger partial charge in [0.25, 0.3) is 5.91 Å². The maximum absolute atomic E-state index is 14.7. The van der Waals surface area contributed by atoms with E-state index in [0.717, 1.165) is 17.7 Å². The fraction of sp³-hybridized carbons (Fsp3) is 0.350. The van der Waals surface area contributed by atoms with Crippen LogP contribution in [-0.2, 0) is 17.8 Å². The fourth-order valence-corrected chi connectivity index (χ4v) is 3.01. The SMILES string of the molecule is CCC(Oc1ccccc1C)C(=O)Nc1ccc2c(c1F)CCNC2. The smallest absolute Gasteiger partial charge is 0.265 e. The van der Waals surface area contributed by atoms with E-state index in [4.69, 9.17) is 4.74 Å². The molecular formula is C20H23FN2O2. The molecule has 132 valence electrons. The summed E-state index contributed by atoms with van der Waals surface area (Å²) in [5, 5.41) is 5.91. The van der Waals surface area contributed by atoms with Crippen LogP contribution < -0.4 is 15.4 Å². The maximum Gasteiger partial charge on any atom is 0.265 e. The van der Waals surface area contributed by atoms with Gasteiger partial charge in [-0.25, -0.2) is 4.39 Å². The highest BCUT2D eigenvalue weighted by atomic mass is 19.1. The number of carbonyl (C=O) groups excluding carboxylic acids is 1. The Hall–Kier alpha value is -2.40. The second-order valence-corrected chi connectivity index (χ2v) is 6.26. The summed E-state index contributed by atoms with van der Waals surface area (Å²) in [6.45, 7) is 5.21. The number of para-hydroxylation sites is 1. The van der Waals surface area contributed by atoms with E-state index in [1.165, 1.54) is 0 Å². The van der Waals surface area contributed by atoms with E-state index in [0.29, 0.717) is 30.7 Å². The number of amides is 1. The molecule has 0 aromatic heterocycles. The van der Waals surface area contributed by atoms with Gasteiger partial charge in [-0.15, -0.1) is 0 Å². The molecule has 0 aliphatic carbocycles. The number of halogens is 1. The van der Waals surface area contributed by atoms with Crippen LogP contribution >= 0.6 is 0 Å². The van der Waals surface area contributed by atoms with Crippen LogP contribution in [0.15, 0.2) is 36.4 Å². The van der Waals surface area contributed by atoms with Gasteiger partial charge < -0.3 is 15.4 Å². The predicted molar refractivity (Wildman–Crippen MR) is 96.3 cm³/mol. The number of aryl methyl sites for hydroxylation is 1. The summed E-state index contributed by atoms with van der Waals surface area (Å²) in [7, 11) is 0. The molecule has 0 bridgehead atoms. The van der Waals surface area contributed by atoms with Crippen molar-refractivity contribution >= 4 is 11.6 Å². The first kappa shape index (κ1) is 17.4. The lowest BCUT2D eigenvalue weighted by Crippen LogP contribution is -2.33. The molecule has 5 heteroatoms. The Morgan fingerprint density at radius 2 is 2.12 bits per heavy atom. The molecule has 3 rings (SSSR count). The van der Waals surface area contributed by atoms with Gasteiger partial charge in [-0.1, -0.05) is 31.2 Å². The summed E-state index contributed by atoms with van der Waals surface area (Å²) in [6, 6.07) is 11.0. The van der Waals surface area contributed by atoms with Crippen LogP contribution in [0.3, 0.4) is 0 Å². The average molecular weight is 342 g/mol. The fourth-order valence-electron chi connectivity index (χ4n) is 3.01. The molecule has 1 atom stereocenters. The van der Waals surface area contributed by atoms with Crippen LogP contribution in [0.1, 0.15) is 30.0 Å². The van der Waals surface area contributed by atoms with Crippen LogP contribution in [0, 0.1) is 12.7 Å². The van der Waals surface area contributed by atoms with Crippen LogP contribution in [0.4, 0.5) is 10.1 Å². The third-order valence-electron chi connectivity index (χ3n) is 4.49. The van der Waals surface area contributed by atoms with Crippen molar-refractivity contribution in [3.8, 4) is 5.75 Å². The lowest BCUT2D eigenvalue weighted by atomic mass is 9.99. The molecule has 1 unspecified atom stereocenters. The molecule has 1 amide bonds. The number of nitrogens with one attached hydrogen (secondary N) is 2. The number of anilines is 1. The minimum atomic E-state index is -0.668. The molecular weight excluding hydrogens is 319 g/mol. The van der Waals surface area contributed by atoms with Gasteiger partial charge in [-0.05, 0) is 55.1 Å². The van der Waals surface area contributed by atoms with Gasteiger partial charge in [0.1, 0.15) is 11.6 Å². The van der Waals surface area contributed by atoms with Crippen LogP contribution in [0.5, 0.6) is 5.75 Å². The van der Waals surface area contributed by atoms with E-state index in [9.17, 15) is 9.18 Å².